The van der Waals surface area contributed by atoms with Gasteiger partial charge in [-0.3, -0.25) is 4.79 Å². The minimum Gasteiger partial charge on any atom is -0.453 e. The van der Waals surface area contributed by atoms with Gasteiger partial charge < -0.3 is 4.74 Å². The van der Waals surface area contributed by atoms with E-state index in [-0.39, 0.29) is 4.88 Å². The number of ether oxygens (including phenoxy) is 1. The third-order valence-electron chi connectivity index (χ3n) is 3.77. The molecule has 0 bridgehead atoms. The van der Waals surface area contributed by atoms with E-state index in [1.54, 1.807) is 31.4 Å². The number of halogens is 1. The van der Waals surface area contributed by atoms with Crippen LogP contribution in [0.5, 0.6) is 0 Å². The Hall–Kier alpha value is -2.63. The molecule has 8 heteroatoms. The van der Waals surface area contributed by atoms with Crippen LogP contribution in [-0.4, -0.2) is 23.3 Å². The van der Waals surface area contributed by atoms with E-state index in [2.05, 4.69) is 4.98 Å². The zero-order chi connectivity index (χ0) is 18.8. The predicted molar refractivity (Wildman–Crippen MR) is 97.0 cm³/mol. The van der Waals surface area contributed by atoms with E-state index in [0.717, 1.165) is 17.0 Å². The van der Waals surface area contributed by atoms with E-state index in [0.29, 0.717) is 20.7 Å². The summed E-state index contributed by atoms with van der Waals surface area (Å²) in [5, 5.41) is 11.7. The Bertz CT molecular complexity index is 1050. The largest absolute Gasteiger partial charge is 0.453 e. The number of nitrogens with zero attached hydrogens (tertiary/aromatic N) is 2. The van der Waals surface area contributed by atoms with Gasteiger partial charge in [-0.05, 0) is 31.5 Å². The summed E-state index contributed by atoms with van der Waals surface area (Å²) in [4.78, 5) is 28.9. The molecule has 0 aliphatic heterocycles. The smallest absolute Gasteiger partial charge is 0.349 e. The van der Waals surface area contributed by atoms with Gasteiger partial charge >= 0.3 is 5.97 Å². The molecule has 1 atom stereocenters. The average molecular weight is 388 g/mol. The summed E-state index contributed by atoms with van der Waals surface area (Å²) in [7, 11) is 0. The lowest BCUT2D eigenvalue weighted by molar-refractivity contribution is -0.122. The lowest BCUT2D eigenvalue weighted by Gasteiger charge is -2.06. The maximum Gasteiger partial charge on any atom is 0.349 e. The van der Waals surface area contributed by atoms with Crippen molar-refractivity contribution in [1.29, 1.82) is 5.26 Å². The van der Waals surface area contributed by atoms with Gasteiger partial charge in [0.05, 0.1) is 6.07 Å². The van der Waals surface area contributed by atoms with Crippen molar-refractivity contribution in [3.63, 3.8) is 0 Å². The molecule has 0 saturated heterocycles. The maximum atomic E-state index is 13.9. The van der Waals surface area contributed by atoms with Crippen LogP contribution < -0.4 is 0 Å². The van der Waals surface area contributed by atoms with E-state index in [1.165, 1.54) is 17.4 Å². The number of aromatic nitrogens is 1. The van der Waals surface area contributed by atoms with Crippen molar-refractivity contribution < 1.29 is 18.7 Å². The fourth-order valence-corrected chi connectivity index (χ4v) is 4.48. The van der Waals surface area contributed by atoms with Crippen LogP contribution in [0.1, 0.15) is 31.9 Å². The summed E-state index contributed by atoms with van der Waals surface area (Å²) in [6.07, 6.45) is 0. The number of carbonyl (C=O) groups is 2. The number of carbonyl (C=O) groups excluding carboxylic acids is 2. The first-order valence-corrected chi connectivity index (χ1v) is 9.31. The predicted octanol–water partition coefficient (Wildman–Crippen LogP) is 4.15. The highest BCUT2D eigenvalue weighted by atomic mass is 32.1. The van der Waals surface area contributed by atoms with Crippen molar-refractivity contribution in [1.82, 2.24) is 4.98 Å². The number of aryl methyl sites for hydroxylation is 2. The normalized spacial score (nSPS) is 11.9. The summed E-state index contributed by atoms with van der Waals surface area (Å²) in [5.74, 6) is -2.72. The molecular formula is C18H13FN2O3S2. The molecule has 3 rings (SSSR count). The molecule has 3 aromatic rings. The molecule has 0 spiro atoms. The number of fused-ring (bicyclic) bond motifs is 1. The summed E-state index contributed by atoms with van der Waals surface area (Å²) in [6, 6.07) is 6.51. The van der Waals surface area contributed by atoms with Gasteiger partial charge in [0.15, 0.2) is 18.3 Å². The second-order valence-electron chi connectivity index (χ2n) is 5.60. The number of benzene rings is 1. The van der Waals surface area contributed by atoms with Crippen LogP contribution in [-0.2, 0) is 9.53 Å². The summed E-state index contributed by atoms with van der Waals surface area (Å²) >= 11 is 2.32. The van der Waals surface area contributed by atoms with Crippen molar-refractivity contribution in [2.75, 3.05) is 6.61 Å². The molecule has 1 aromatic carbocycles. The Morgan fingerprint density at radius 1 is 1.38 bits per heavy atom. The first kappa shape index (κ1) is 18.2. The molecular weight excluding hydrogens is 375 g/mol. The summed E-state index contributed by atoms with van der Waals surface area (Å²) in [5.41, 5.74) is 1.20. The van der Waals surface area contributed by atoms with E-state index in [1.807, 2.05) is 6.07 Å². The number of rotatable bonds is 5. The lowest BCUT2D eigenvalue weighted by Crippen LogP contribution is -2.19. The van der Waals surface area contributed by atoms with Gasteiger partial charge in [0, 0.05) is 21.2 Å². The van der Waals surface area contributed by atoms with E-state index in [9.17, 15) is 19.2 Å². The zero-order valence-corrected chi connectivity index (χ0v) is 15.5. The number of hydrogen-bond donors (Lipinski definition) is 0. The minimum atomic E-state index is -1.07. The van der Waals surface area contributed by atoms with Gasteiger partial charge in [0.1, 0.15) is 15.7 Å². The molecule has 2 aromatic heterocycles. The summed E-state index contributed by atoms with van der Waals surface area (Å²) < 4.78 is 19.6. The SMILES string of the molecule is Cc1csc(C(C#N)C(=O)COC(=O)c2sc3cccc(F)c3c2C)n1. The van der Waals surface area contributed by atoms with Crippen LogP contribution in [0.15, 0.2) is 23.6 Å². The zero-order valence-electron chi connectivity index (χ0n) is 13.9. The first-order chi connectivity index (χ1) is 12.4. The third kappa shape index (κ3) is 3.36. The molecule has 0 amide bonds. The van der Waals surface area contributed by atoms with Gasteiger partial charge in [-0.15, -0.1) is 22.7 Å². The molecule has 1 unspecified atom stereocenters. The van der Waals surface area contributed by atoms with Crippen LogP contribution in [0.25, 0.3) is 10.1 Å². The van der Waals surface area contributed by atoms with Crippen LogP contribution in [0.3, 0.4) is 0 Å². The minimum absolute atomic E-state index is 0.247. The fraction of sp³-hybridized carbons (Fsp3) is 0.222. The van der Waals surface area contributed by atoms with E-state index < -0.39 is 30.1 Å². The Morgan fingerprint density at radius 2 is 2.15 bits per heavy atom. The van der Waals surface area contributed by atoms with Gasteiger partial charge in [0.2, 0.25) is 0 Å². The molecule has 132 valence electrons. The Kier molecular flexibility index (Phi) is 5.11. The highest BCUT2D eigenvalue weighted by Crippen LogP contribution is 2.33. The molecule has 0 saturated carbocycles. The third-order valence-corrected chi connectivity index (χ3v) is 6.03. The Balaban J connectivity index is 1.75. The number of esters is 1. The quantitative estimate of drug-likeness (QED) is 0.614. The van der Waals surface area contributed by atoms with Crippen LogP contribution in [0.4, 0.5) is 4.39 Å². The van der Waals surface area contributed by atoms with Crippen LogP contribution in [0.2, 0.25) is 0 Å². The number of ketones is 1. The topological polar surface area (TPSA) is 80.0 Å². The van der Waals surface area contributed by atoms with Gasteiger partial charge in [-0.1, -0.05) is 6.07 Å². The van der Waals surface area contributed by atoms with Crippen molar-refractivity contribution in [2.24, 2.45) is 0 Å². The fourth-order valence-electron chi connectivity index (χ4n) is 2.50. The van der Waals surface area contributed by atoms with E-state index >= 15 is 0 Å². The Labute approximate surface area is 156 Å². The molecule has 0 aliphatic rings. The molecule has 26 heavy (non-hydrogen) atoms. The molecule has 2 heterocycles. The van der Waals surface area contributed by atoms with Crippen molar-refractivity contribution in [2.45, 2.75) is 19.8 Å². The lowest BCUT2D eigenvalue weighted by atomic mass is 10.1. The highest BCUT2D eigenvalue weighted by Gasteiger charge is 2.26. The number of thiophene rings is 1. The molecule has 0 N–H and O–H groups in total. The second kappa shape index (κ2) is 7.32. The first-order valence-electron chi connectivity index (χ1n) is 7.61. The van der Waals surface area contributed by atoms with Crippen molar-refractivity contribution in [3.05, 3.63) is 50.5 Å². The van der Waals surface area contributed by atoms with Gasteiger partial charge in [-0.25, -0.2) is 14.2 Å². The number of hydrogen-bond acceptors (Lipinski definition) is 7. The highest BCUT2D eigenvalue weighted by molar-refractivity contribution is 7.21. The molecule has 0 radical (unpaired) electrons. The second-order valence-corrected chi connectivity index (χ2v) is 7.54. The Morgan fingerprint density at radius 3 is 2.77 bits per heavy atom. The van der Waals surface area contributed by atoms with Crippen molar-refractivity contribution >= 4 is 44.5 Å². The van der Waals surface area contributed by atoms with Crippen LogP contribution in [0, 0.1) is 31.0 Å². The summed E-state index contributed by atoms with van der Waals surface area (Å²) in [6.45, 7) is 2.87. The number of nitriles is 1. The van der Waals surface area contributed by atoms with Crippen LogP contribution >= 0.6 is 22.7 Å². The number of Topliss-reactive ketones (excluding diaryl/α,β-unsaturated/α-hetero) is 1. The standard InChI is InChI=1S/C18H13FN2O3S2/c1-9-8-25-17(21-9)11(6-20)13(22)7-24-18(23)16-10(2)15-12(19)4-3-5-14(15)26-16/h3-5,8,11H,7H2,1-2H3. The monoisotopic (exact) mass is 388 g/mol. The van der Waals surface area contributed by atoms with E-state index in [4.69, 9.17) is 4.74 Å². The molecule has 5 nitrogen and oxygen atoms in total. The van der Waals surface area contributed by atoms with Crippen molar-refractivity contribution in [3.8, 4) is 6.07 Å². The molecule has 0 aliphatic carbocycles. The maximum absolute atomic E-state index is 13.9. The van der Waals surface area contributed by atoms with Gasteiger partial charge in [0.25, 0.3) is 0 Å². The average Bonchev–Trinajstić information content (AvgIpc) is 3.18. The molecule has 0 fully saturated rings. The number of thiazole rings is 1. The van der Waals surface area contributed by atoms with Gasteiger partial charge in [-0.2, -0.15) is 5.26 Å².